The highest BCUT2D eigenvalue weighted by Crippen LogP contribution is 2.38. The topological polar surface area (TPSA) is 66.8 Å². The molecule has 5 nitrogen and oxygen atoms in total. The number of amides is 1. The van der Waals surface area contributed by atoms with Gasteiger partial charge in [0.15, 0.2) is 0 Å². The molecule has 1 N–H and O–H groups in total. The molecule has 0 aliphatic heterocycles. The Bertz CT molecular complexity index is 933. The van der Waals surface area contributed by atoms with E-state index in [2.05, 4.69) is 0 Å². The quantitative estimate of drug-likeness (QED) is 0.583. The molecule has 0 unspecified atom stereocenters. The summed E-state index contributed by atoms with van der Waals surface area (Å²) in [5, 5.41) is 12.5. The van der Waals surface area contributed by atoms with Gasteiger partial charge in [0.25, 0.3) is 0 Å². The Morgan fingerprint density at radius 1 is 1.04 bits per heavy atom. The minimum absolute atomic E-state index is 0.532. The summed E-state index contributed by atoms with van der Waals surface area (Å²) in [6.45, 7) is 0. The maximum Gasteiger partial charge on any atom is 0.394 e. The van der Waals surface area contributed by atoms with E-state index in [-0.39, 0.29) is 0 Å². The van der Waals surface area contributed by atoms with Gasteiger partial charge in [-0.05, 0) is 22.9 Å². The zero-order valence-corrected chi connectivity index (χ0v) is 12.7. The van der Waals surface area contributed by atoms with Crippen molar-refractivity contribution in [1.82, 2.24) is 0 Å². The van der Waals surface area contributed by atoms with E-state index >= 15 is 0 Å². The Kier molecular flexibility index (Phi) is 3.62. The van der Waals surface area contributed by atoms with Crippen LogP contribution in [0.2, 0.25) is 0 Å². The van der Waals surface area contributed by atoms with Gasteiger partial charge in [-0.2, -0.15) is 0 Å². The third kappa shape index (κ3) is 2.36. The molecular formula is C18H15NO4. The van der Waals surface area contributed by atoms with E-state index < -0.39 is 11.9 Å². The molecule has 0 aliphatic carbocycles. The summed E-state index contributed by atoms with van der Waals surface area (Å²) in [4.78, 5) is 24.0. The zero-order chi connectivity index (χ0) is 16.6. The second-order valence-corrected chi connectivity index (χ2v) is 5.17. The lowest BCUT2D eigenvalue weighted by Crippen LogP contribution is -2.33. The molecule has 0 saturated heterocycles. The summed E-state index contributed by atoms with van der Waals surface area (Å²) in [6.07, 6.45) is 0. The van der Waals surface area contributed by atoms with Crippen molar-refractivity contribution in [3.05, 3.63) is 48.5 Å². The maximum absolute atomic E-state index is 11.9. The van der Waals surface area contributed by atoms with Crippen LogP contribution < -0.4 is 9.64 Å². The minimum Gasteiger partial charge on any atom is -0.496 e. The van der Waals surface area contributed by atoms with Gasteiger partial charge < -0.3 is 14.7 Å². The zero-order valence-electron chi connectivity index (χ0n) is 12.7. The number of methoxy groups -OCH3 is 1. The first-order valence-electron chi connectivity index (χ1n) is 7.04. The summed E-state index contributed by atoms with van der Waals surface area (Å²) < 4.78 is 5.46. The summed E-state index contributed by atoms with van der Waals surface area (Å²) in [5.74, 6) is -1.79. The minimum atomic E-state index is -1.49. The normalized spacial score (nSPS) is 10.7. The maximum atomic E-state index is 11.9. The number of carbonyl (C=O) groups excluding carboxylic acids is 1. The Morgan fingerprint density at radius 3 is 2.43 bits per heavy atom. The molecule has 0 aromatic heterocycles. The lowest BCUT2D eigenvalue weighted by atomic mass is 9.99. The molecule has 23 heavy (non-hydrogen) atoms. The SMILES string of the molecule is COc1cccc2c(N(C)C(=O)C(=O)O)cc3ccccc3c12. The van der Waals surface area contributed by atoms with Crippen molar-refractivity contribution in [1.29, 1.82) is 0 Å². The second kappa shape index (κ2) is 5.61. The van der Waals surface area contributed by atoms with Crippen LogP contribution in [0.15, 0.2) is 48.5 Å². The number of nitrogens with zero attached hydrogens (tertiary/aromatic N) is 1. The number of likely N-dealkylation sites (N-methyl/N-ethyl adjacent to an activating group) is 1. The predicted octanol–water partition coefficient (Wildman–Crippen LogP) is 3.05. The van der Waals surface area contributed by atoms with Crippen LogP contribution in [0.25, 0.3) is 21.5 Å². The first-order valence-corrected chi connectivity index (χ1v) is 7.04. The van der Waals surface area contributed by atoms with Crippen LogP contribution in [0.1, 0.15) is 0 Å². The highest BCUT2D eigenvalue weighted by atomic mass is 16.5. The van der Waals surface area contributed by atoms with Gasteiger partial charge in [-0.1, -0.05) is 36.4 Å². The van der Waals surface area contributed by atoms with Crippen molar-refractivity contribution in [2.45, 2.75) is 0 Å². The summed E-state index contributed by atoms with van der Waals surface area (Å²) in [6, 6.07) is 15.1. The van der Waals surface area contributed by atoms with Crippen molar-refractivity contribution in [3.8, 4) is 5.75 Å². The van der Waals surface area contributed by atoms with E-state index in [0.29, 0.717) is 11.4 Å². The number of benzene rings is 3. The molecule has 0 saturated carbocycles. The lowest BCUT2D eigenvalue weighted by molar-refractivity contribution is -0.148. The predicted molar refractivity (Wildman–Crippen MR) is 89.1 cm³/mol. The number of fused-ring (bicyclic) bond motifs is 3. The van der Waals surface area contributed by atoms with Crippen LogP contribution in [0, 0.1) is 0 Å². The van der Waals surface area contributed by atoms with Crippen LogP contribution in [-0.2, 0) is 9.59 Å². The van der Waals surface area contributed by atoms with E-state index in [4.69, 9.17) is 9.84 Å². The molecule has 0 fully saturated rings. The highest BCUT2D eigenvalue weighted by Gasteiger charge is 2.22. The number of carboxylic acid groups (broad SMARTS) is 1. The molecule has 0 atom stereocenters. The number of ether oxygens (including phenoxy) is 1. The first kappa shape index (κ1) is 14.8. The average Bonchev–Trinajstić information content (AvgIpc) is 2.58. The average molecular weight is 309 g/mol. The summed E-state index contributed by atoms with van der Waals surface area (Å²) in [7, 11) is 3.04. The molecular weight excluding hydrogens is 294 g/mol. The largest absolute Gasteiger partial charge is 0.496 e. The van der Waals surface area contributed by atoms with Crippen molar-refractivity contribution in [3.63, 3.8) is 0 Å². The highest BCUT2D eigenvalue weighted by molar-refractivity contribution is 6.38. The fourth-order valence-corrected chi connectivity index (χ4v) is 2.80. The Labute approximate surface area is 132 Å². The van der Waals surface area contributed by atoms with Crippen molar-refractivity contribution >= 4 is 39.1 Å². The molecule has 3 rings (SSSR count). The molecule has 1 amide bonds. The molecule has 0 radical (unpaired) electrons. The van der Waals surface area contributed by atoms with Gasteiger partial charge in [-0.25, -0.2) is 4.79 Å². The molecule has 0 heterocycles. The summed E-state index contributed by atoms with van der Waals surface area (Å²) >= 11 is 0. The van der Waals surface area contributed by atoms with Gasteiger partial charge in [0.2, 0.25) is 0 Å². The number of hydrogen-bond donors (Lipinski definition) is 1. The molecule has 5 heteroatoms. The smallest absolute Gasteiger partial charge is 0.394 e. The van der Waals surface area contributed by atoms with Crippen LogP contribution in [0.5, 0.6) is 5.75 Å². The Morgan fingerprint density at radius 2 is 1.74 bits per heavy atom. The molecule has 0 aliphatic rings. The number of anilines is 1. The molecule has 0 bridgehead atoms. The molecule has 0 spiro atoms. The van der Waals surface area contributed by atoms with Crippen LogP contribution in [0.3, 0.4) is 0 Å². The Hall–Kier alpha value is -3.08. The lowest BCUT2D eigenvalue weighted by Gasteiger charge is -2.20. The molecule has 116 valence electrons. The van der Waals surface area contributed by atoms with E-state index in [1.165, 1.54) is 7.05 Å². The van der Waals surface area contributed by atoms with Gasteiger partial charge in [-0.3, -0.25) is 4.79 Å². The summed E-state index contributed by atoms with van der Waals surface area (Å²) in [5.41, 5.74) is 0.532. The fourth-order valence-electron chi connectivity index (χ4n) is 2.80. The molecule has 3 aromatic rings. The van der Waals surface area contributed by atoms with E-state index in [0.717, 1.165) is 26.4 Å². The Balaban J connectivity index is 2.42. The number of rotatable bonds is 2. The molecule has 3 aromatic carbocycles. The van der Waals surface area contributed by atoms with Crippen LogP contribution in [-0.4, -0.2) is 31.1 Å². The monoisotopic (exact) mass is 309 g/mol. The third-order valence-electron chi connectivity index (χ3n) is 3.89. The number of carbonyl (C=O) groups is 2. The number of carboxylic acids is 1. The number of aliphatic carboxylic acids is 1. The van der Waals surface area contributed by atoms with Gasteiger partial charge >= 0.3 is 11.9 Å². The first-order chi connectivity index (χ1) is 11.0. The standard InChI is InChI=1S/C18H15NO4/c1-19(17(20)18(21)22)14-10-11-6-3-4-7-12(11)16-13(14)8-5-9-15(16)23-2/h3-10H,1-2H3,(H,21,22). The van der Waals surface area contributed by atoms with Gasteiger partial charge in [0.1, 0.15) is 5.75 Å². The van der Waals surface area contributed by atoms with Crippen molar-refractivity contribution in [2.24, 2.45) is 0 Å². The third-order valence-corrected chi connectivity index (χ3v) is 3.89. The number of hydrogen-bond acceptors (Lipinski definition) is 3. The van der Waals surface area contributed by atoms with Crippen molar-refractivity contribution < 1.29 is 19.4 Å². The van der Waals surface area contributed by atoms with E-state index in [1.807, 2.05) is 48.5 Å². The van der Waals surface area contributed by atoms with Gasteiger partial charge in [0, 0.05) is 17.8 Å². The van der Waals surface area contributed by atoms with E-state index in [1.54, 1.807) is 7.11 Å². The van der Waals surface area contributed by atoms with Gasteiger partial charge in [0.05, 0.1) is 12.8 Å². The second-order valence-electron chi connectivity index (χ2n) is 5.17. The van der Waals surface area contributed by atoms with Crippen molar-refractivity contribution in [2.75, 3.05) is 19.1 Å². The van der Waals surface area contributed by atoms with Crippen LogP contribution >= 0.6 is 0 Å². The van der Waals surface area contributed by atoms with Crippen LogP contribution in [0.4, 0.5) is 5.69 Å². The fraction of sp³-hybridized carbons (Fsp3) is 0.111. The van der Waals surface area contributed by atoms with E-state index in [9.17, 15) is 9.59 Å². The van der Waals surface area contributed by atoms with Gasteiger partial charge in [-0.15, -0.1) is 0 Å².